The van der Waals surface area contributed by atoms with E-state index in [-0.39, 0.29) is 5.41 Å². The first-order valence-corrected chi connectivity index (χ1v) is 12.6. The molecule has 0 N–H and O–H groups in total. The fourth-order valence-corrected chi connectivity index (χ4v) is 5.04. The molecule has 0 aromatic heterocycles. The predicted octanol–water partition coefficient (Wildman–Crippen LogP) is 7.10. The molecule has 0 radical (unpaired) electrons. The first-order valence-electron chi connectivity index (χ1n) is 12.6. The van der Waals surface area contributed by atoms with Crippen LogP contribution >= 0.6 is 0 Å². The predicted molar refractivity (Wildman–Crippen MR) is 135 cm³/mol. The van der Waals surface area contributed by atoms with Crippen molar-refractivity contribution in [2.75, 3.05) is 13.2 Å². The van der Waals surface area contributed by atoms with Gasteiger partial charge in [-0.2, -0.15) is 18.3 Å². The van der Waals surface area contributed by atoms with E-state index in [2.05, 4.69) is 53.6 Å². The van der Waals surface area contributed by atoms with Crippen molar-refractivity contribution in [3.05, 3.63) is 83.0 Å². The Bertz CT molecular complexity index is 1150. The second-order valence-corrected chi connectivity index (χ2v) is 10.1. The average molecular weight is 497 g/mol. The highest BCUT2D eigenvalue weighted by atomic mass is 19.4. The third-order valence-electron chi connectivity index (χ3n) is 7.27. The Morgan fingerprint density at radius 2 is 1.83 bits per heavy atom. The fourth-order valence-electron chi connectivity index (χ4n) is 5.04. The molecule has 4 nitrogen and oxygen atoms in total. The number of hydrogen-bond donors (Lipinski definition) is 0. The molecule has 4 aliphatic rings. The van der Waals surface area contributed by atoms with Gasteiger partial charge < -0.3 is 9.47 Å². The number of nitrogens with zero attached hydrogens (tertiary/aromatic N) is 2. The number of ether oxygens (including phenoxy) is 2. The highest BCUT2D eigenvalue weighted by Gasteiger charge is 2.51. The van der Waals surface area contributed by atoms with Crippen molar-refractivity contribution in [1.29, 1.82) is 0 Å². The SMILES string of the molecule is CC1C=CC=C(COC2=NN=C(C3(c4ccc(C(F)(F)F)cc4)CC3)CC2OCC2=CCCC=C2)C1. The van der Waals surface area contributed by atoms with E-state index in [1.54, 1.807) is 12.1 Å². The van der Waals surface area contributed by atoms with Gasteiger partial charge in [0.2, 0.25) is 5.90 Å². The molecule has 2 atom stereocenters. The van der Waals surface area contributed by atoms with Crippen molar-refractivity contribution in [3.63, 3.8) is 0 Å². The van der Waals surface area contributed by atoms with Crippen LogP contribution in [-0.4, -0.2) is 30.9 Å². The Morgan fingerprint density at radius 1 is 1.03 bits per heavy atom. The number of hydrogen-bond acceptors (Lipinski definition) is 4. The zero-order valence-electron chi connectivity index (χ0n) is 20.4. The number of alkyl halides is 3. The smallest absolute Gasteiger partial charge is 0.416 e. The van der Waals surface area contributed by atoms with Crippen LogP contribution in [0.1, 0.15) is 56.6 Å². The number of halogens is 3. The summed E-state index contributed by atoms with van der Waals surface area (Å²) in [6.45, 7) is 3.06. The van der Waals surface area contributed by atoms with Gasteiger partial charge in [0, 0.05) is 11.8 Å². The second kappa shape index (κ2) is 10.2. The van der Waals surface area contributed by atoms with E-state index >= 15 is 0 Å². The van der Waals surface area contributed by atoms with Gasteiger partial charge in [0.05, 0.1) is 17.9 Å². The van der Waals surface area contributed by atoms with Gasteiger partial charge in [0.1, 0.15) is 12.7 Å². The average Bonchev–Trinajstić information content (AvgIpc) is 3.69. The zero-order valence-corrected chi connectivity index (χ0v) is 20.4. The van der Waals surface area contributed by atoms with Gasteiger partial charge in [0.15, 0.2) is 0 Å². The van der Waals surface area contributed by atoms with Gasteiger partial charge in [0.25, 0.3) is 0 Å². The molecule has 5 rings (SSSR count). The Kier molecular flexibility index (Phi) is 7.02. The van der Waals surface area contributed by atoms with E-state index in [4.69, 9.17) is 9.47 Å². The van der Waals surface area contributed by atoms with Crippen LogP contribution in [0.5, 0.6) is 0 Å². The molecule has 36 heavy (non-hydrogen) atoms. The third-order valence-corrected chi connectivity index (χ3v) is 7.27. The fraction of sp³-hybridized carbons (Fsp3) is 0.448. The molecule has 2 unspecified atom stereocenters. The summed E-state index contributed by atoms with van der Waals surface area (Å²) in [7, 11) is 0. The summed E-state index contributed by atoms with van der Waals surface area (Å²) in [6.07, 6.45) is 13.1. The Balaban J connectivity index is 1.34. The third kappa shape index (κ3) is 5.56. The normalized spacial score (nSPS) is 25.0. The lowest BCUT2D eigenvalue weighted by molar-refractivity contribution is -0.137. The molecule has 1 aromatic rings. The van der Waals surface area contributed by atoms with Crippen molar-refractivity contribution in [2.45, 2.75) is 63.1 Å². The van der Waals surface area contributed by atoms with Gasteiger partial charge in [-0.1, -0.05) is 55.5 Å². The zero-order chi connectivity index (χ0) is 25.2. The number of benzene rings is 1. The summed E-state index contributed by atoms with van der Waals surface area (Å²) in [5, 5.41) is 8.97. The first-order chi connectivity index (χ1) is 17.3. The molecule has 1 aliphatic heterocycles. The van der Waals surface area contributed by atoms with Crippen LogP contribution in [0, 0.1) is 5.92 Å². The molecule has 1 aromatic carbocycles. The van der Waals surface area contributed by atoms with Crippen LogP contribution in [0.3, 0.4) is 0 Å². The van der Waals surface area contributed by atoms with Crippen LogP contribution in [-0.2, 0) is 21.1 Å². The van der Waals surface area contributed by atoms with E-state index in [1.165, 1.54) is 5.57 Å². The molecule has 3 aliphatic carbocycles. The summed E-state index contributed by atoms with van der Waals surface area (Å²) in [6, 6.07) is 5.46. The molecule has 0 amide bonds. The number of rotatable bonds is 7. The lowest BCUT2D eigenvalue weighted by Gasteiger charge is -2.28. The monoisotopic (exact) mass is 496 g/mol. The van der Waals surface area contributed by atoms with Crippen LogP contribution < -0.4 is 0 Å². The van der Waals surface area contributed by atoms with E-state index < -0.39 is 17.8 Å². The van der Waals surface area contributed by atoms with E-state index in [9.17, 15) is 13.2 Å². The van der Waals surface area contributed by atoms with Crippen LogP contribution in [0.4, 0.5) is 13.2 Å². The highest BCUT2D eigenvalue weighted by Crippen LogP contribution is 2.51. The number of allylic oxidation sites excluding steroid dienone is 5. The molecule has 190 valence electrons. The van der Waals surface area contributed by atoms with E-state index in [0.717, 1.165) is 61.1 Å². The Hall–Kier alpha value is -2.93. The van der Waals surface area contributed by atoms with Crippen LogP contribution in [0.15, 0.2) is 82.1 Å². The van der Waals surface area contributed by atoms with Gasteiger partial charge in [-0.3, -0.25) is 0 Å². The maximum Gasteiger partial charge on any atom is 0.416 e. The summed E-state index contributed by atoms with van der Waals surface area (Å²) in [5.41, 5.74) is 3.00. The first kappa shape index (κ1) is 24.8. The van der Waals surface area contributed by atoms with Gasteiger partial charge in [-0.25, -0.2) is 0 Å². The maximum absolute atomic E-state index is 13.1. The molecule has 1 saturated carbocycles. The molecule has 1 fully saturated rings. The lowest BCUT2D eigenvalue weighted by atomic mass is 9.86. The van der Waals surface area contributed by atoms with Crippen molar-refractivity contribution < 1.29 is 22.6 Å². The summed E-state index contributed by atoms with van der Waals surface area (Å²) in [5.74, 6) is 0.938. The minimum atomic E-state index is -4.35. The van der Waals surface area contributed by atoms with Crippen molar-refractivity contribution in [1.82, 2.24) is 0 Å². The highest BCUT2D eigenvalue weighted by molar-refractivity contribution is 6.02. The van der Waals surface area contributed by atoms with Gasteiger partial charge in [-0.15, -0.1) is 5.10 Å². The molecule has 0 bridgehead atoms. The minimum Gasteiger partial charge on any atom is -0.473 e. The van der Waals surface area contributed by atoms with Gasteiger partial charge in [-0.05, 0) is 66.9 Å². The summed E-state index contributed by atoms with van der Waals surface area (Å²) in [4.78, 5) is 0. The largest absolute Gasteiger partial charge is 0.473 e. The topological polar surface area (TPSA) is 43.2 Å². The Labute approximate surface area is 210 Å². The molecular weight excluding hydrogens is 465 g/mol. The summed E-state index contributed by atoms with van der Waals surface area (Å²) < 4.78 is 51.6. The van der Waals surface area contributed by atoms with Crippen LogP contribution in [0.25, 0.3) is 0 Å². The van der Waals surface area contributed by atoms with Gasteiger partial charge >= 0.3 is 6.18 Å². The molecule has 1 heterocycles. The maximum atomic E-state index is 13.1. The molecular formula is C29H31F3N2O2. The van der Waals surface area contributed by atoms with Crippen LogP contribution in [0.2, 0.25) is 0 Å². The molecule has 0 saturated heterocycles. The van der Waals surface area contributed by atoms with E-state index in [0.29, 0.717) is 31.5 Å². The standard InChI is InChI=1S/C29H31F3N2O2/c1-20-6-5-9-22(16-20)19-36-27-25(35-18-21-7-3-2-4-8-21)17-26(33-34-27)28(14-15-28)23-10-12-24(13-11-23)29(30,31)32/h3,5-13,20,25H,2,4,14-19H2,1H3. The lowest BCUT2D eigenvalue weighted by Crippen LogP contribution is -2.37. The Morgan fingerprint density at radius 3 is 2.50 bits per heavy atom. The summed E-state index contributed by atoms with van der Waals surface area (Å²) >= 11 is 0. The molecule has 7 heteroatoms. The second-order valence-electron chi connectivity index (χ2n) is 10.1. The van der Waals surface area contributed by atoms with Crippen molar-refractivity contribution >= 4 is 11.6 Å². The quantitative estimate of drug-likeness (QED) is 0.404. The molecule has 0 spiro atoms. The van der Waals surface area contributed by atoms with E-state index in [1.807, 2.05) is 0 Å². The van der Waals surface area contributed by atoms with Crippen molar-refractivity contribution in [2.24, 2.45) is 16.1 Å². The minimum absolute atomic E-state index is 0.378. The van der Waals surface area contributed by atoms with Crippen molar-refractivity contribution in [3.8, 4) is 0 Å².